The van der Waals surface area contributed by atoms with Gasteiger partial charge in [0.1, 0.15) is 11.4 Å². The summed E-state index contributed by atoms with van der Waals surface area (Å²) in [6.07, 6.45) is -10.3. The number of alkyl halides is 6. The van der Waals surface area contributed by atoms with E-state index in [1.54, 1.807) is 0 Å². The molecule has 0 saturated carbocycles. The molecule has 1 aliphatic rings. The Labute approximate surface area is 163 Å². The smallest absolute Gasteiger partial charge is 0.384 e. The number of hydrogen-bond donors (Lipinski definition) is 2. The Morgan fingerprint density at radius 1 is 1.11 bits per heavy atom. The molecule has 1 unspecified atom stereocenters. The van der Waals surface area contributed by atoms with Crippen molar-refractivity contribution in [3.8, 4) is 6.07 Å². The lowest BCUT2D eigenvalue weighted by atomic mass is 10.1. The third-order valence-electron chi connectivity index (χ3n) is 3.42. The Bertz CT molecular complexity index is 979. The van der Waals surface area contributed by atoms with Crippen LogP contribution in [0.1, 0.15) is 5.56 Å². The summed E-state index contributed by atoms with van der Waals surface area (Å²) in [7, 11) is -5.58. The number of nitriles is 1. The first-order valence-electron chi connectivity index (χ1n) is 6.61. The fraction of sp³-hybridized carbons (Fsp3) is 0.250. The van der Waals surface area contributed by atoms with E-state index in [9.17, 15) is 39.3 Å². The van der Waals surface area contributed by atoms with Crippen molar-refractivity contribution < 1.29 is 39.3 Å². The van der Waals surface area contributed by atoms with Gasteiger partial charge >= 0.3 is 22.7 Å². The summed E-state index contributed by atoms with van der Waals surface area (Å²) in [6.45, 7) is 0. The van der Waals surface area contributed by atoms with Crippen LogP contribution in [0.25, 0.3) is 0 Å². The predicted octanol–water partition coefficient (Wildman–Crippen LogP) is 3.48. The minimum absolute atomic E-state index is 0.0864. The fourth-order valence-corrected chi connectivity index (χ4v) is 3.83. The third kappa shape index (κ3) is 3.80. The highest BCUT2D eigenvalue weighted by atomic mass is 35.5. The number of nitrogens with zero attached hydrogens (tertiary/aromatic N) is 3. The molecule has 1 heterocycles. The second-order valence-corrected chi connectivity index (χ2v) is 7.26. The molecular weight excluding hydrogens is 465 g/mol. The van der Waals surface area contributed by atoms with Gasteiger partial charge in [0, 0.05) is 0 Å². The average Bonchev–Trinajstić information content (AvgIpc) is 2.78. The largest absolute Gasteiger partial charge is 0.418 e. The summed E-state index contributed by atoms with van der Waals surface area (Å²) in [4.78, 5) is 0. The van der Waals surface area contributed by atoms with Crippen molar-refractivity contribution in [1.82, 2.24) is 4.41 Å². The molecule has 7 nitrogen and oxygen atoms in total. The fourth-order valence-electron chi connectivity index (χ4n) is 2.39. The lowest BCUT2D eigenvalue weighted by Gasteiger charge is -2.30. The van der Waals surface area contributed by atoms with E-state index in [0.717, 1.165) is 6.07 Å². The first-order valence-corrected chi connectivity index (χ1v) is 8.76. The third-order valence-corrected chi connectivity index (χ3v) is 4.84. The lowest BCUT2D eigenvalue weighted by Crippen LogP contribution is -2.48. The molecule has 0 bridgehead atoms. The van der Waals surface area contributed by atoms with Gasteiger partial charge in [-0.3, -0.25) is 4.55 Å². The lowest BCUT2D eigenvalue weighted by molar-refractivity contribution is -0.137. The van der Waals surface area contributed by atoms with Gasteiger partial charge < -0.3 is 5.73 Å². The van der Waals surface area contributed by atoms with Crippen molar-refractivity contribution in [3.05, 3.63) is 39.1 Å². The monoisotopic (exact) mass is 470 g/mol. The van der Waals surface area contributed by atoms with Crippen LogP contribution in [-0.2, 0) is 16.5 Å². The maximum absolute atomic E-state index is 13.3. The molecule has 1 aromatic carbocycles. The highest BCUT2D eigenvalue weighted by molar-refractivity contribution is 7.83. The number of hydrogen-bond acceptors (Lipinski definition) is 5. The highest BCUT2D eigenvalue weighted by Crippen LogP contribution is 2.47. The van der Waals surface area contributed by atoms with Crippen LogP contribution in [0.15, 0.2) is 23.5 Å². The van der Waals surface area contributed by atoms with Gasteiger partial charge in [-0.25, -0.2) is 5.01 Å². The second kappa shape index (κ2) is 6.85. The zero-order chi connectivity index (χ0) is 21.8. The van der Waals surface area contributed by atoms with Crippen molar-refractivity contribution in [2.24, 2.45) is 5.73 Å². The van der Waals surface area contributed by atoms with Crippen LogP contribution in [0.5, 0.6) is 0 Å². The van der Waals surface area contributed by atoms with Gasteiger partial charge in [-0.05, 0) is 12.1 Å². The molecule has 0 aromatic heterocycles. The van der Waals surface area contributed by atoms with E-state index in [2.05, 4.69) is 0 Å². The van der Waals surface area contributed by atoms with Crippen LogP contribution in [0.4, 0.5) is 32.0 Å². The van der Waals surface area contributed by atoms with E-state index < -0.39 is 65.8 Å². The van der Waals surface area contributed by atoms with Gasteiger partial charge in [0.25, 0.3) is 0 Å². The Kier molecular flexibility index (Phi) is 5.47. The molecule has 1 aromatic rings. The van der Waals surface area contributed by atoms with Gasteiger partial charge in [-0.15, -0.1) is 0 Å². The van der Waals surface area contributed by atoms with E-state index >= 15 is 0 Å². The average molecular weight is 471 g/mol. The van der Waals surface area contributed by atoms with Crippen LogP contribution in [0.2, 0.25) is 10.0 Å². The molecule has 0 fully saturated rings. The van der Waals surface area contributed by atoms with Crippen molar-refractivity contribution in [2.45, 2.75) is 18.4 Å². The molecule has 2 rings (SSSR count). The van der Waals surface area contributed by atoms with Crippen molar-refractivity contribution in [2.75, 3.05) is 5.01 Å². The molecule has 1 aliphatic heterocycles. The minimum atomic E-state index is -5.58. The normalized spacial score (nSPS) is 19.3. The summed E-state index contributed by atoms with van der Waals surface area (Å²) >= 11 is 11.4. The van der Waals surface area contributed by atoms with Crippen LogP contribution < -0.4 is 10.7 Å². The van der Waals surface area contributed by atoms with Gasteiger partial charge in [0.15, 0.2) is 6.04 Å². The molecule has 0 radical (unpaired) electrons. The maximum Gasteiger partial charge on any atom is 0.418 e. The molecule has 3 N–H and O–H groups in total. The second-order valence-electron chi connectivity index (χ2n) is 5.18. The van der Waals surface area contributed by atoms with Crippen LogP contribution in [0, 0.1) is 11.3 Å². The van der Waals surface area contributed by atoms with E-state index in [-0.39, 0.29) is 17.1 Å². The first kappa shape index (κ1) is 22.4. The molecular formula is C12H6Cl2F6N4O3S. The van der Waals surface area contributed by atoms with Gasteiger partial charge in [-0.1, -0.05) is 27.6 Å². The van der Waals surface area contributed by atoms with Crippen LogP contribution in [0.3, 0.4) is 0 Å². The van der Waals surface area contributed by atoms with Gasteiger partial charge in [0.2, 0.25) is 0 Å². The minimum Gasteiger partial charge on any atom is -0.384 e. The van der Waals surface area contributed by atoms with Crippen molar-refractivity contribution >= 4 is 39.2 Å². The van der Waals surface area contributed by atoms with E-state index in [1.807, 2.05) is 0 Å². The molecule has 0 saturated heterocycles. The number of anilines is 1. The molecule has 0 amide bonds. The number of benzene rings is 1. The number of halogens is 8. The molecule has 28 heavy (non-hydrogen) atoms. The summed E-state index contributed by atoms with van der Waals surface area (Å²) in [5.74, 6) is -1.43. The zero-order valence-electron chi connectivity index (χ0n) is 12.8. The van der Waals surface area contributed by atoms with Crippen LogP contribution in [-0.4, -0.2) is 29.6 Å². The molecule has 0 spiro atoms. The molecule has 1 atom stereocenters. The zero-order valence-corrected chi connectivity index (χ0v) is 15.2. The Balaban J connectivity index is 2.85. The SMILES string of the molecule is N#CC1C(C(F)(F)F)=C(N)N(c2c(Cl)cc(C(F)(F)F)cc2Cl)N1S(=O)(=O)O. The summed E-state index contributed by atoms with van der Waals surface area (Å²) in [5, 5.41) is 7.03. The van der Waals surface area contributed by atoms with E-state index in [0.29, 0.717) is 0 Å². The van der Waals surface area contributed by atoms with E-state index in [4.69, 9.17) is 34.2 Å². The number of hydrazine groups is 1. The van der Waals surface area contributed by atoms with Crippen LogP contribution >= 0.6 is 23.2 Å². The summed E-state index contributed by atoms with van der Waals surface area (Å²) < 4.78 is 110. The highest BCUT2D eigenvalue weighted by Gasteiger charge is 2.56. The standard InChI is InChI=1S/C12H6Cl2F6N4O3S/c13-5-1-4(11(15,16)17)2-6(14)9(5)23-10(22)8(12(18,19)20)7(3-21)24(23)28(25,26)27/h1-2,7H,22H2,(H,25,26,27). The first-order chi connectivity index (χ1) is 12.5. The van der Waals surface area contributed by atoms with Gasteiger partial charge in [0.05, 0.1) is 27.4 Å². The number of rotatable bonds is 2. The topological polar surface area (TPSA) is 111 Å². The Hall–Kier alpha value is -1.92. The maximum atomic E-state index is 13.3. The van der Waals surface area contributed by atoms with E-state index in [1.165, 1.54) is 0 Å². The molecule has 154 valence electrons. The molecule has 0 aliphatic carbocycles. The molecule has 16 heteroatoms. The summed E-state index contributed by atoms with van der Waals surface area (Å²) in [6, 6.07) is -1.18. The van der Waals surface area contributed by atoms with Crippen molar-refractivity contribution in [1.29, 1.82) is 5.26 Å². The Morgan fingerprint density at radius 3 is 1.89 bits per heavy atom. The van der Waals surface area contributed by atoms with Crippen molar-refractivity contribution in [3.63, 3.8) is 0 Å². The Morgan fingerprint density at radius 2 is 1.57 bits per heavy atom. The quantitative estimate of drug-likeness (QED) is 0.505. The number of nitrogens with two attached hydrogens (primary N) is 1. The summed E-state index contributed by atoms with van der Waals surface area (Å²) in [5.41, 5.74) is 1.13. The predicted molar refractivity (Wildman–Crippen MR) is 84.0 cm³/mol. The van der Waals surface area contributed by atoms with Gasteiger partial charge in [-0.2, -0.15) is 40.0 Å².